The van der Waals surface area contributed by atoms with Gasteiger partial charge in [-0.2, -0.15) is 11.3 Å². The SMILES string of the molecule is COCCCC1(C(=O)O)CCCN(C(=O)c2ccsc2)C1. The predicted octanol–water partition coefficient (Wildman–Crippen LogP) is 2.48. The molecule has 1 unspecified atom stereocenters. The van der Waals surface area contributed by atoms with Gasteiger partial charge < -0.3 is 14.7 Å². The van der Waals surface area contributed by atoms with Crippen molar-refractivity contribution in [3.8, 4) is 0 Å². The number of hydrogen-bond donors (Lipinski definition) is 1. The molecule has 21 heavy (non-hydrogen) atoms. The first-order valence-corrected chi connectivity index (χ1v) is 8.07. The molecule has 2 rings (SSSR count). The van der Waals surface area contributed by atoms with Gasteiger partial charge in [-0.05, 0) is 37.1 Å². The molecule has 1 N–H and O–H groups in total. The van der Waals surface area contributed by atoms with E-state index in [2.05, 4.69) is 0 Å². The van der Waals surface area contributed by atoms with Crippen molar-refractivity contribution in [1.29, 1.82) is 0 Å². The number of carboxylic acids is 1. The molecule has 116 valence electrons. The molecule has 1 aromatic rings. The van der Waals surface area contributed by atoms with Gasteiger partial charge in [-0.25, -0.2) is 0 Å². The molecule has 1 atom stereocenters. The minimum absolute atomic E-state index is 0.0617. The fourth-order valence-corrected chi connectivity index (χ4v) is 3.54. The summed E-state index contributed by atoms with van der Waals surface area (Å²) in [6.07, 6.45) is 2.60. The minimum atomic E-state index is -0.831. The Morgan fingerprint density at radius 2 is 2.33 bits per heavy atom. The van der Waals surface area contributed by atoms with Gasteiger partial charge in [-0.3, -0.25) is 9.59 Å². The van der Waals surface area contributed by atoms with Crippen molar-refractivity contribution in [3.05, 3.63) is 22.4 Å². The maximum Gasteiger partial charge on any atom is 0.311 e. The first kappa shape index (κ1) is 16.0. The molecular formula is C15H21NO4S. The first-order valence-electron chi connectivity index (χ1n) is 7.13. The summed E-state index contributed by atoms with van der Waals surface area (Å²) in [6, 6.07) is 1.79. The van der Waals surface area contributed by atoms with Crippen LogP contribution in [0.3, 0.4) is 0 Å². The van der Waals surface area contributed by atoms with E-state index in [4.69, 9.17) is 4.74 Å². The highest BCUT2D eigenvalue weighted by Gasteiger charge is 2.43. The van der Waals surface area contributed by atoms with E-state index in [0.29, 0.717) is 44.5 Å². The molecule has 1 aliphatic heterocycles. The molecule has 6 heteroatoms. The summed E-state index contributed by atoms with van der Waals surface area (Å²) in [5.41, 5.74) is -0.180. The maximum atomic E-state index is 12.4. The zero-order valence-electron chi connectivity index (χ0n) is 12.2. The van der Waals surface area contributed by atoms with Crippen LogP contribution in [0.5, 0.6) is 0 Å². The van der Waals surface area contributed by atoms with Gasteiger partial charge in [0.1, 0.15) is 0 Å². The monoisotopic (exact) mass is 311 g/mol. The number of hydrogen-bond acceptors (Lipinski definition) is 4. The summed E-state index contributed by atoms with van der Waals surface area (Å²) in [5, 5.41) is 13.3. The van der Waals surface area contributed by atoms with E-state index in [1.54, 1.807) is 18.1 Å². The molecule has 0 aliphatic carbocycles. The molecule has 1 fully saturated rings. The average molecular weight is 311 g/mol. The van der Waals surface area contributed by atoms with Crippen molar-refractivity contribution >= 4 is 23.2 Å². The number of piperidine rings is 1. The quantitative estimate of drug-likeness (QED) is 0.820. The van der Waals surface area contributed by atoms with Crippen LogP contribution in [0.2, 0.25) is 0 Å². The van der Waals surface area contributed by atoms with Gasteiger partial charge in [0.05, 0.1) is 11.0 Å². The lowest BCUT2D eigenvalue weighted by Gasteiger charge is -2.40. The molecule has 1 aromatic heterocycles. The number of methoxy groups -OCH3 is 1. The topological polar surface area (TPSA) is 66.8 Å². The van der Waals surface area contributed by atoms with Crippen molar-refractivity contribution in [2.45, 2.75) is 25.7 Å². The third kappa shape index (κ3) is 3.63. The second-order valence-electron chi connectivity index (χ2n) is 5.52. The number of amides is 1. The van der Waals surface area contributed by atoms with Crippen LogP contribution in [0, 0.1) is 5.41 Å². The fourth-order valence-electron chi connectivity index (χ4n) is 2.91. The Kier molecular flexibility index (Phi) is 5.36. The van der Waals surface area contributed by atoms with Gasteiger partial charge in [0, 0.05) is 32.2 Å². The van der Waals surface area contributed by atoms with E-state index >= 15 is 0 Å². The van der Waals surface area contributed by atoms with Crippen molar-refractivity contribution in [3.63, 3.8) is 0 Å². The second kappa shape index (κ2) is 7.04. The predicted molar refractivity (Wildman–Crippen MR) is 80.6 cm³/mol. The molecule has 0 radical (unpaired) electrons. The fraction of sp³-hybridized carbons (Fsp3) is 0.600. The average Bonchev–Trinajstić information content (AvgIpc) is 3.01. The van der Waals surface area contributed by atoms with E-state index in [9.17, 15) is 14.7 Å². The molecule has 2 heterocycles. The molecule has 1 aliphatic rings. The maximum absolute atomic E-state index is 12.4. The molecule has 0 saturated carbocycles. The molecule has 0 aromatic carbocycles. The normalized spacial score (nSPS) is 22.2. The largest absolute Gasteiger partial charge is 0.481 e. The van der Waals surface area contributed by atoms with Crippen LogP contribution in [0.25, 0.3) is 0 Å². The lowest BCUT2D eigenvalue weighted by molar-refractivity contribution is -0.152. The Bertz CT molecular complexity index is 488. The summed E-state index contributed by atoms with van der Waals surface area (Å²) in [4.78, 5) is 25.9. The Morgan fingerprint density at radius 3 is 2.95 bits per heavy atom. The Morgan fingerprint density at radius 1 is 1.52 bits per heavy atom. The van der Waals surface area contributed by atoms with Crippen LogP contribution in [-0.4, -0.2) is 48.7 Å². The number of aliphatic carboxylic acids is 1. The summed E-state index contributed by atoms with van der Waals surface area (Å²) < 4.78 is 5.02. The van der Waals surface area contributed by atoms with E-state index in [1.807, 2.05) is 10.8 Å². The van der Waals surface area contributed by atoms with Gasteiger partial charge in [0.25, 0.3) is 5.91 Å². The summed E-state index contributed by atoms with van der Waals surface area (Å²) in [7, 11) is 1.61. The van der Waals surface area contributed by atoms with Crippen molar-refractivity contribution in [2.75, 3.05) is 26.8 Å². The second-order valence-corrected chi connectivity index (χ2v) is 6.30. The van der Waals surface area contributed by atoms with Crippen LogP contribution in [0.4, 0.5) is 0 Å². The van der Waals surface area contributed by atoms with Crippen LogP contribution in [0.1, 0.15) is 36.0 Å². The molecule has 1 amide bonds. The van der Waals surface area contributed by atoms with Crippen LogP contribution >= 0.6 is 11.3 Å². The van der Waals surface area contributed by atoms with E-state index in [1.165, 1.54) is 11.3 Å². The number of carbonyl (C=O) groups excluding carboxylic acids is 1. The summed E-state index contributed by atoms with van der Waals surface area (Å²) >= 11 is 1.47. The van der Waals surface area contributed by atoms with Gasteiger partial charge in [0.15, 0.2) is 0 Å². The van der Waals surface area contributed by atoms with Crippen LogP contribution in [0.15, 0.2) is 16.8 Å². The van der Waals surface area contributed by atoms with Crippen LogP contribution in [-0.2, 0) is 9.53 Å². The third-order valence-electron chi connectivity index (χ3n) is 4.09. The first-order chi connectivity index (χ1) is 10.1. The van der Waals surface area contributed by atoms with Gasteiger partial charge >= 0.3 is 5.97 Å². The Labute approximate surface area is 128 Å². The molecule has 5 nitrogen and oxygen atoms in total. The number of rotatable bonds is 6. The van der Waals surface area contributed by atoms with E-state index in [-0.39, 0.29) is 5.91 Å². The summed E-state index contributed by atoms with van der Waals surface area (Å²) in [6.45, 7) is 1.47. The van der Waals surface area contributed by atoms with Crippen LogP contribution < -0.4 is 0 Å². The molecule has 0 bridgehead atoms. The zero-order chi connectivity index (χ0) is 15.3. The number of carbonyl (C=O) groups is 2. The highest BCUT2D eigenvalue weighted by Crippen LogP contribution is 2.35. The number of nitrogens with zero attached hydrogens (tertiary/aromatic N) is 1. The minimum Gasteiger partial charge on any atom is -0.481 e. The standard InChI is InChI=1S/C15H21NO4S/c1-20-8-3-6-15(14(18)19)5-2-7-16(11-15)13(17)12-4-9-21-10-12/h4,9-10H,2-3,5-8,11H2,1H3,(H,18,19). The smallest absolute Gasteiger partial charge is 0.311 e. The highest BCUT2D eigenvalue weighted by molar-refractivity contribution is 7.08. The van der Waals surface area contributed by atoms with E-state index in [0.717, 1.165) is 6.42 Å². The number of likely N-dealkylation sites (tertiary alicyclic amines) is 1. The third-order valence-corrected chi connectivity index (χ3v) is 4.77. The number of carboxylic acid groups (broad SMARTS) is 1. The van der Waals surface area contributed by atoms with Crippen molar-refractivity contribution in [2.24, 2.45) is 5.41 Å². The molecular weight excluding hydrogens is 290 g/mol. The lowest BCUT2D eigenvalue weighted by Crippen LogP contribution is -2.50. The zero-order valence-corrected chi connectivity index (χ0v) is 13.0. The Balaban J connectivity index is 2.09. The highest BCUT2D eigenvalue weighted by atomic mass is 32.1. The molecule has 0 spiro atoms. The number of ether oxygens (including phenoxy) is 1. The van der Waals surface area contributed by atoms with Gasteiger partial charge in [-0.1, -0.05) is 0 Å². The summed E-state index contributed by atoms with van der Waals surface area (Å²) in [5.74, 6) is -0.866. The molecule has 1 saturated heterocycles. The van der Waals surface area contributed by atoms with Gasteiger partial charge in [-0.15, -0.1) is 0 Å². The lowest BCUT2D eigenvalue weighted by atomic mass is 9.76. The van der Waals surface area contributed by atoms with Crippen molar-refractivity contribution < 1.29 is 19.4 Å². The Hall–Kier alpha value is -1.40. The van der Waals surface area contributed by atoms with Gasteiger partial charge in [0.2, 0.25) is 0 Å². The van der Waals surface area contributed by atoms with Crippen molar-refractivity contribution in [1.82, 2.24) is 4.90 Å². The van der Waals surface area contributed by atoms with E-state index < -0.39 is 11.4 Å². The number of thiophene rings is 1.